The van der Waals surface area contributed by atoms with Crippen LogP contribution in [0.4, 0.5) is 4.79 Å². The Hall–Kier alpha value is -2.17. The molecule has 0 aliphatic rings. The molecule has 1 unspecified atom stereocenters. The zero-order valence-corrected chi connectivity index (χ0v) is 11.3. The first kappa shape index (κ1) is 13.3. The number of hydrogen-bond donors (Lipinski definition) is 2. The van der Waals surface area contributed by atoms with E-state index in [9.17, 15) is 4.79 Å². The Morgan fingerprint density at radius 3 is 2.74 bits per heavy atom. The average Bonchev–Trinajstić information content (AvgIpc) is 2.97. The number of aromatic amines is 1. The monoisotopic (exact) mass is 262 g/mol. The second-order valence-electron chi connectivity index (χ2n) is 5.24. The van der Waals surface area contributed by atoms with Gasteiger partial charge in [-0.15, -0.1) is 0 Å². The van der Waals surface area contributed by atoms with Gasteiger partial charge < -0.3 is 19.5 Å². The van der Waals surface area contributed by atoms with Crippen LogP contribution in [-0.2, 0) is 4.74 Å². The number of nitrogens with one attached hydrogen (secondary N) is 2. The molecule has 2 aromatic heterocycles. The molecule has 2 aromatic rings. The van der Waals surface area contributed by atoms with E-state index < -0.39 is 11.7 Å². The molecule has 0 aliphatic heterocycles. The highest BCUT2D eigenvalue weighted by atomic mass is 16.6. The van der Waals surface area contributed by atoms with Crippen LogP contribution < -0.4 is 5.32 Å². The van der Waals surface area contributed by atoms with Gasteiger partial charge in [-0.3, -0.25) is 0 Å². The molecule has 0 saturated heterocycles. The number of alkyl carbamates (subject to hydrolysis) is 1. The van der Waals surface area contributed by atoms with Gasteiger partial charge in [0.25, 0.3) is 0 Å². The standard InChI is InChI=1S/C14H18N2O3/c1-14(2,3)19-13(17)16-12(10-6-7-15-9-10)11-5-4-8-18-11/h4-9,12,15H,1-3H3,(H,16,17). The van der Waals surface area contributed by atoms with Gasteiger partial charge in [0.2, 0.25) is 0 Å². The van der Waals surface area contributed by atoms with Crippen molar-refractivity contribution in [3.63, 3.8) is 0 Å². The van der Waals surface area contributed by atoms with Crippen LogP contribution in [0.25, 0.3) is 0 Å². The normalized spacial score (nSPS) is 13.0. The van der Waals surface area contributed by atoms with Crippen LogP contribution in [0.1, 0.15) is 38.1 Å². The minimum atomic E-state index is -0.532. The number of furan rings is 1. The fourth-order valence-corrected chi connectivity index (χ4v) is 1.72. The molecule has 2 heterocycles. The van der Waals surface area contributed by atoms with Crippen LogP contribution in [0.5, 0.6) is 0 Å². The number of hydrogen-bond acceptors (Lipinski definition) is 3. The van der Waals surface area contributed by atoms with Gasteiger partial charge in [0.15, 0.2) is 0 Å². The largest absolute Gasteiger partial charge is 0.467 e. The maximum absolute atomic E-state index is 11.9. The Balaban J connectivity index is 2.14. The fraction of sp³-hybridized carbons (Fsp3) is 0.357. The molecule has 0 fully saturated rings. The number of ether oxygens (including phenoxy) is 1. The van der Waals surface area contributed by atoms with Crippen LogP contribution in [0.15, 0.2) is 41.3 Å². The molecular weight excluding hydrogens is 244 g/mol. The van der Waals surface area contributed by atoms with Crippen molar-refractivity contribution in [2.75, 3.05) is 0 Å². The smallest absolute Gasteiger partial charge is 0.408 e. The molecule has 0 aliphatic carbocycles. The van der Waals surface area contributed by atoms with Gasteiger partial charge in [0.1, 0.15) is 17.4 Å². The van der Waals surface area contributed by atoms with Crippen molar-refractivity contribution in [1.82, 2.24) is 10.3 Å². The summed E-state index contributed by atoms with van der Waals surface area (Å²) in [6, 6.07) is 5.11. The van der Waals surface area contributed by atoms with Crippen LogP contribution in [-0.4, -0.2) is 16.7 Å². The van der Waals surface area contributed by atoms with E-state index in [1.54, 1.807) is 18.5 Å². The van der Waals surface area contributed by atoms with E-state index >= 15 is 0 Å². The van der Waals surface area contributed by atoms with Crippen molar-refractivity contribution >= 4 is 6.09 Å². The van der Waals surface area contributed by atoms with E-state index in [4.69, 9.17) is 9.15 Å². The van der Waals surface area contributed by atoms with Gasteiger partial charge >= 0.3 is 6.09 Å². The highest BCUT2D eigenvalue weighted by molar-refractivity contribution is 5.69. The Labute approximate surface area is 112 Å². The summed E-state index contributed by atoms with van der Waals surface area (Å²) in [6.45, 7) is 5.47. The molecule has 2 N–H and O–H groups in total. The van der Waals surface area contributed by atoms with Crippen LogP contribution >= 0.6 is 0 Å². The lowest BCUT2D eigenvalue weighted by atomic mass is 10.1. The molecule has 102 valence electrons. The van der Waals surface area contributed by atoms with E-state index in [0.717, 1.165) is 5.56 Å². The van der Waals surface area contributed by atoms with Crippen molar-refractivity contribution in [2.45, 2.75) is 32.4 Å². The molecule has 5 heteroatoms. The number of carbonyl (C=O) groups excluding carboxylic acids is 1. The third-order valence-electron chi connectivity index (χ3n) is 2.44. The Morgan fingerprint density at radius 1 is 1.42 bits per heavy atom. The summed E-state index contributed by atoms with van der Waals surface area (Å²) < 4.78 is 10.6. The van der Waals surface area contributed by atoms with Crippen molar-refractivity contribution < 1.29 is 13.9 Å². The maximum atomic E-state index is 11.9. The van der Waals surface area contributed by atoms with E-state index in [1.807, 2.05) is 39.1 Å². The van der Waals surface area contributed by atoms with Crippen LogP contribution in [0.2, 0.25) is 0 Å². The Bertz CT molecular complexity index is 475. The number of H-pyrrole nitrogens is 1. The van der Waals surface area contributed by atoms with Crippen molar-refractivity contribution in [2.24, 2.45) is 0 Å². The molecule has 0 spiro atoms. The number of carbonyl (C=O) groups is 1. The third-order valence-corrected chi connectivity index (χ3v) is 2.44. The van der Waals surface area contributed by atoms with E-state index in [2.05, 4.69) is 10.3 Å². The SMILES string of the molecule is CC(C)(C)OC(=O)NC(c1cc[nH]c1)c1ccco1. The van der Waals surface area contributed by atoms with Gasteiger partial charge in [-0.05, 0) is 44.5 Å². The van der Waals surface area contributed by atoms with Gasteiger partial charge in [-0.1, -0.05) is 0 Å². The zero-order valence-electron chi connectivity index (χ0n) is 11.3. The zero-order chi connectivity index (χ0) is 13.9. The predicted molar refractivity (Wildman–Crippen MR) is 70.7 cm³/mol. The molecular formula is C14H18N2O3. The molecule has 5 nitrogen and oxygen atoms in total. The minimum absolute atomic E-state index is 0.365. The lowest BCUT2D eigenvalue weighted by Gasteiger charge is -2.22. The summed E-state index contributed by atoms with van der Waals surface area (Å²) in [7, 11) is 0. The summed E-state index contributed by atoms with van der Waals surface area (Å²) in [5, 5.41) is 2.80. The predicted octanol–water partition coefficient (Wildman–Crippen LogP) is 3.22. The lowest BCUT2D eigenvalue weighted by Crippen LogP contribution is -2.35. The first-order valence-corrected chi connectivity index (χ1v) is 6.11. The summed E-state index contributed by atoms with van der Waals surface area (Å²) in [4.78, 5) is 14.8. The number of rotatable bonds is 3. The summed E-state index contributed by atoms with van der Waals surface area (Å²) in [5.74, 6) is 0.658. The molecule has 1 amide bonds. The van der Waals surface area contributed by atoms with E-state index in [-0.39, 0.29) is 6.04 Å². The third kappa shape index (κ3) is 3.64. The highest BCUT2D eigenvalue weighted by Crippen LogP contribution is 2.22. The number of aromatic nitrogens is 1. The molecule has 0 bridgehead atoms. The van der Waals surface area contributed by atoms with Crippen molar-refractivity contribution in [1.29, 1.82) is 0 Å². The van der Waals surface area contributed by atoms with Gasteiger partial charge in [-0.25, -0.2) is 4.79 Å². The molecule has 0 aromatic carbocycles. The van der Waals surface area contributed by atoms with Crippen molar-refractivity contribution in [3.05, 3.63) is 48.2 Å². The quantitative estimate of drug-likeness (QED) is 0.892. The fourth-order valence-electron chi connectivity index (χ4n) is 1.72. The first-order chi connectivity index (χ1) is 8.96. The summed E-state index contributed by atoms with van der Waals surface area (Å²) in [6.07, 6.45) is 4.70. The summed E-state index contributed by atoms with van der Waals surface area (Å²) in [5.41, 5.74) is 0.372. The minimum Gasteiger partial charge on any atom is -0.467 e. The first-order valence-electron chi connectivity index (χ1n) is 6.11. The Morgan fingerprint density at radius 2 is 2.21 bits per heavy atom. The summed E-state index contributed by atoms with van der Waals surface area (Å²) >= 11 is 0. The molecule has 2 rings (SSSR count). The van der Waals surface area contributed by atoms with Crippen LogP contribution in [0.3, 0.4) is 0 Å². The highest BCUT2D eigenvalue weighted by Gasteiger charge is 2.23. The molecule has 0 saturated carbocycles. The van der Waals surface area contributed by atoms with E-state index in [1.165, 1.54) is 0 Å². The topological polar surface area (TPSA) is 67.3 Å². The van der Waals surface area contributed by atoms with E-state index in [0.29, 0.717) is 5.76 Å². The maximum Gasteiger partial charge on any atom is 0.408 e. The number of amides is 1. The van der Waals surface area contributed by atoms with Gasteiger partial charge in [0.05, 0.1) is 6.26 Å². The van der Waals surface area contributed by atoms with Gasteiger partial charge in [-0.2, -0.15) is 0 Å². The average molecular weight is 262 g/mol. The van der Waals surface area contributed by atoms with Crippen molar-refractivity contribution in [3.8, 4) is 0 Å². The molecule has 0 radical (unpaired) electrons. The molecule has 19 heavy (non-hydrogen) atoms. The molecule has 1 atom stereocenters. The van der Waals surface area contributed by atoms with Gasteiger partial charge in [0, 0.05) is 12.4 Å². The Kier molecular flexibility index (Phi) is 3.64. The second-order valence-corrected chi connectivity index (χ2v) is 5.24. The second kappa shape index (κ2) is 5.22. The lowest BCUT2D eigenvalue weighted by molar-refractivity contribution is 0.0507. The van der Waals surface area contributed by atoms with Crippen LogP contribution in [0, 0.1) is 0 Å².